The lowest BCUT2D eigenvalue weighted by Gasteiger charge is -2.47. The second-order valence-electron chi connectivity index (χ2n) is 6.16. The molecule has 2 rings (SSSR count). The summed E-state index contributed by atoms with van der Waals surface area (Å²) in [7, 11) is -3.06. The summed E-state index contributed by atoms with van der Waals surface area (Å²) in [6, 6.07) is 0. The SMILES string of the molecule is CCCC1(N)CN(S(=O)(=O)CC2CCCCC2)C1. The first-order valence-electron chi connectivity index (χ1n) is 7.22. The summed E-state index contributed by atoms with van der Waals surface area (Å²) < 4.78 is 26.1. The second-order valence-corrected chi connectivity index (χ2v) is 8.18. The van der Waals surface area contributed by atoms with E-state index in [-0.39, 0.29) is 5.54 Å². The van der Waals surface area contributed by atoms with Crippen LogP contribution < -0.4 is 5.73 Å². The van der Waals surface area contributed by atoms with E-state index in [0.717, 1.165) is 25.7 Å². The van der Waals surface area contributed by atoms with Crippen LogP contribution in [0.1, 0.15) is 51.9 Å². The van der Waals surface area contributed by atoms with Gasteiger partial charge in [0.25, 0.3) is 0 Å². The number of nitrogens with two attached hydrogens (primary N) is 1. The molecule has 0 unspecified atom stereocenters. The molecule has 1 saturated carbocycles. The van der Waals surface area contributed by atoms with Crippen molar-refractivity contribution >= 4 is 10.0 Å². The number of hydrogen-bond acceptors (Lipinski definition) is 3. The average molecular weight is 274 g/mol. The van der Waals surface area contributed by atoms with Crippen LogP contribution in [-0.4, -0.2) is 37.1 Å². The molecule has 0 aromatic rings. The maximum atomic E-state index is 12.2. The Kier molecular flexibility index (Phi) is 4.34. The van der Waals surface area contributed by atoms with Gasteiger partial charge in [-0.15, -0.1) is 0 Å². The summed E-state index contributed by atoms with van der Waals surface area (Å²) >= 11 is 0. The summed E-state index contributed by atoms with van der Waals surface area (Å²) in [6.45, 7) is 3.14. The third-order valence-electron chi connectivity index (χ3n) is 4.29. The second kappa shape index (κ2) is 5.47. The van der Waals surface area contributed by atoms with E-state index in [1.807, 2.05) is 0 Å². The molecule has 0 radical (unpaired) electrons. The molecule has 0 atom stereocenters. The van der Waals surface area contributed by atoms with Gasteiger partial charge >= 0.3 is 0 Å². The topological polar surface area (TPSA) is 63.4 Å². The van der Waals surface area contributed by atoms with Crippen LogP contribution in [0.2, 0.25) is 0 Å². The smallest absolute Gasteiger partial charge is 0.214 e. The van der Waals surface area contributed by atoms with Crippen LogP contribution in [-0.2, 0) is 10.0 Å². The largest absolute Gasteiger partial charge is 0.323 e. The lowest BCUT2D eigenvalue weighted by Crippen LogP contribution is -2.68. The van der Waals surface area contributed by atoms with Crippen molar-refractivity contribution in [1.82, 2.24) is 4.31 Å². The van der Waals surface area contributed by atoms with E-state index in [9.17, 15) is 8.42 Å². The number of nitrogens with zero attached hydrogens (tertiary/aromatic N) is 1. The zero-order valence-electron chi connectivity index (χ0n) is 11.4. The van der Waals surface area contributed by atoms with E-state index in [0.29, 0.717) is 24.8 Å². The number of sulfonamides is 1. The van der Waals surface area contributed by atoms with Crippen LogP contribution >= 0.6 is 0 Å². The van der Waals surface area contributed by atoms with Gasteiger partial charge in [-0.05, 0) is 25.2 Å². The van der Waals surface area contributed by atoms with Crippen LogP contribution in [0.15, 0.2) is 0 Å². The summed E-state index contributed by atoms with van der Waals surface area (Å²) in [5, 5.41) is 0. The van der Waals surface area contributed by atoms with Gasteiger partial charge < -0.3 is 5.73 Å². The molecule has 1 aliphatic carbocycles. The van der Waals surface area contributed by atoms with Crippen molar-refractivity contribution in [3.8, 4) is 0 Å². The van der Waals surface area contributed by atoms with Gasteiger partial charge in [0.1, 0.15) is 0 Å². The van der Waals surface area contributed by atoms with E-state index in [1.54, 1.807) is 4.31 Å². The highest BCUT2D eigenvalue weighted by atomic mass is 32.2. The van der Waals surface area contributed by atoms with Crippen LogP contribution in [0.5, 0.6) is 0 Å². The first kappa shape index (κ1) is 14.3. The van der Waals surface area contributed by atoms with Crippen LogP contribution in [0.3, 0.4) is 0 Å². The molecule has 2 fully saturated rings. The number of hydrogen-bond donors (Lipinski definition) is 1. The van der Waals surface area contributed by atoms with Gasteiger partial charge in [-0.2, -0.15) is 4.31 Å². The van der Waals surface area contributed by atoms with Crippen molar-refractivity contribution in [3.05, 3.63) is 0 Å². The Morgan fingerprint density at radius 3 is 2.39 bits per heavy atom. The molecule has 5 heteroatoms. The van der Waals surface area contributed by atoms with Gasteiger partial charge in [-0.25, -0.2) is 8.42 Å². The van der Waals surface area contributed by atoms with Gasteiger partial charge in [-0.3, -0.25) is 0 Å². The Balaban J connectivity index is 1.85. The lowest BCUT2D eigenvalue weighted by molar-refractivity contribution is 0.146. The maximum absolute atomic E-state index is 12.2. The minimum atomic E-state index is -3.06. The third kappa shape index (κ3) is 3.25. The summed E-state index contributed by atoms with van der Waals surface area (Å²) in [4.78, 5) is 0. The molecular weight excluding hydrogens is 248 g/mol. The molecule has 0 bridgehead atoms. The third-order valence-corrected chi connectivity index (χ3v) is 6.23. The standard InChI is InChI=1S/C13H26N2O2S/c1-2-8-13(14)10-15(11-13)18(16,17)9-12-6-4-3-5-7-12/h12H,2-11,14H2,1H3. The van der Waals surface area contributed by atoms with Crippen molar-refractivity contribution in [2.45, 2.75) is 57.4 Å². The van der Waals surface area contributed by atoms with E-state index < -0.39 is 10.0 Å². The van der Waals surface area contributed by atoms with Gasteiger partial charge in [-0.1, -0.05) is 32.6 Å². The fourth-order valence-corrected chi connectivity index (χ4v) is 5.31. The van der Waals surface area contributed by atoms with Crippen molar-refractivity contribution in [2.24, 2.45) is 11.7 Å². The zero-order valence-corrected chi connectivity index (χ0v) is 12.2. The molecule has 0 spiro atoms. The summed E-state index contributed by atoms with van der Waals surface area (Å²) in [5.41, 5.74) is 5.87. The molecule has 4 nitrogen and oxygen atoms in total. The maximum Gasteiger partial charge on any atom is 0.214 e. The highest BCUT2D eigenvalue weighted by Crippen LogP contribution is 2.30. The van der Waals surface area contributed by atoms with Gasteiger partial charge in [0.2, 0.25) is 10.0 Å². The Hall–Kier alpha value is -0.130. The molecule has 1 saturated heterocycles. The Morgan fingerprint density at radius 2 is 1.83 bits per heavy atom. The Bertz CT molecular complexity index is 368. The normalized spacial score (nSPS) is 25.9. The first-order chi connectivity index (χ1) is 8.45. The fraction of sp³-hybridized carbons (Fsp3) is 1.00. The molecule has 2 aliphatic rings. The van der Waals surface area contributed by atoms with Crippen LogP contribution in [0.4, 0.5) is 0 Å². The first-order valence-corrected chi connectivity index (χ1v) is 8.83. The molecule has 106 valence electrons. The monoisotopic (exact) mass is 274 g/mol. The molecule has 0 amide bonds. The van der Waals surface area contributed by atoms with Gasteiger partial charge in [0.05, 0.1) is 5.75 Å². The van der Waals surface area contributed by atoms with Crippen molar-refractivity contribution in [2.75, 3.05) is 18.8 Å². The summed E-state index contributed by atoms with van der Waals surface area (Å²) in [6.07, 6.45) is 7.75. The summed E-state index contributed by atoms with van der Waals surface area (Å²) in [5.74, 6) is 0.720. The minimum Gasteiger partial charge on any atom is -0.323 e. The molecular formula is C13H26N2O2S. The molecule has 0 aromatic heterocycles. The van der Waals surface area contributed by atoms with Crippen LogP contribution in [0, 0.1) is 5.92 Å². The highest BCUT2D eigenvalue weighted by Gasteiger charge is 2.44. The van der Waals surface area contributed by atoms with Crippen molar-refractivity contribution < 1.29 is 8.42 Å². The predicted molar refractivity (Wildman–Crippen MR) is 73.8 cm³/mol. The quantitative estimate of drug-likeness (QED) is 0.830. The average Bonchev–Trinajstić information content (AvgIpc) is 2.27. The fourth-order valence-electron chi connectivity index (χ4n) is 3.27. The van der Waals surface area contributed by atoms with E-state index >= 15 is 0 Å². The molecule has 0 aromatic carbocycles. The van der Waals surface area contributed by atoms with E-state index in [4.69, 9.17) is 5.73 Å². The van der Waals surface area contributed by atoms with Crippen molar-refractivity contribution in [1.29, 1.82) is 0 Å². The molecule has 1 aliphatic heterocycles. The van der Waals surface area contributed by atoms with Gasteiger partial charge in [0.15, 0.2) is 0 Å². The molecule has 1 heterocycles. The minimum absolute atomic E-state index is 0.256. The van der Waals surface area contributed by atoms with E-state index in [1.165, 1.54) is 19.3 Å². The zero-order chi connectivity index (χ0) is 13.2. The van der Waals surface area contributed by atoms with Gasteiger partial charge in [0, 0.05) is 18.6 Å². The Morgan fingerprint density at radius 1 is 1.22 bits per heavy atom. The highest BCUT2D eigenvalue weighted by molar-refractivity contribution is 7.89. The van der Waals surface area contributed by atoms with E-state index in [2.05, 4.69) is 6.92 Å². The van der Waals surface area contributed by atoms with Crippen LogP contribution in [0.25, 0.3) is 0 Å². The Labute approximate surface area is 111 Å². The number of rotatable bonds is 5. The molecule has 2 N–H and O–H groups in total. The van der Waals surface area contributed by atoms with Crippen molar-refractivity contribution in [3.63, 3.8) is 0 Å². The lowest BCUT2D eigenvalue weighted by atomic mass is 9.89. The predicted octanol–water partition coefficient (Wildman–Crippen LogP) is 1.71. The molecule has 18 heavy (non-hydrogen) atoms.